The largest absolute Gasteiger partial charge is 0.377 e. The highest BCUT2D eigenvalue weighted by Crippen LogP contribution is 2.28. The lowest BCUT2D eigenvalue weighted by molar-refractivity contribution is -0.384. The van der Waals surface area contributed by atoms with Crippen molar-refractivity contribution in [2.45, 2.75) is 23.9 Å². The van der Waals surface area contributed by atoms with Crippen LogP contribution >= 0.6 is 23.4 Å². The lowest BCUT2D eigenvalue weighted by Gasteiger charge is -2.14. The fourth-order valence-electron chi connectivity index (χ4n) is 3.23. The summed E-state index contributed by atoms with van der Waals surface area (Å²) in [7, 11) is 0. The van der Waals surface area contributed by atoms with E-state index >= 15 is 0 Å². The molecule has 0 spiro atoms. The SMILES string of the molecule is C[C@@H](Sc1nnc(CNc2ccccc2Cl)n1-c1ccccc1)C(=O)Nc1ccc([N+](=O)[O-])cc1. The van der Waals surface area contributed by atoms with Gasteiger partial charge in [0, 0.05) is 23.5 Å². The first-order chi connectivity index (χ1) is 16.9. The minimum absolute atomic E-state index is 0.0423. The number of halogens is 1. The first-order valence-corrected chi connectivity index (χ1v) is 11.9. The summed E-state index contributed by atoms with van der Waals surface area (Å²) in [6.45, 7) is 2.13. The number of thioether (sulfide) groups is 1. The van der Waals surface area contributed by atoms with Gasteiger partial charge in [-0.15, -0.1) is 10.2 Å². The molecular formula is C24H21ClN6O3S. The zero-order chi connectivity index (χ0) is 24.8. The maximum absolute atomic E-state index is 12.8. The molecule has 1 heterocycles. The summed E-state index contributed by atoms with van der Waals surface area (Å²) < 4.78 is 1.89. The number of nitrogens with one attached hydrogen (secondary N) is 2. The lowest BCUT2D eigenvalue weighted by Crippen LogP contribution is -2.23. The zero-order valence-corrected chi connectivity index (χ0v) is 20.2. The predicted molar refractivity (Wildman–Crippen MR) is 137 cm³/mol. The number of non-ortho nitro benzene ring substituents is 1. The Hall–Kier alpha value is -3.89. The minimum Gasteiger partial charge on any atom is -0.377 e. The molecule has 0 aliphatic heterocycles. The highest BCUT2D eigenvalue weighted by atomic mass is 35.5. The maximum Gasteiger partial charge on any atom is 0.269 e. The first kappa shape index (κ1) is 24.2. The Morgan fingerprint density at radius 1 is 1.06 bits per heavy atom. The van der Waals surface area contributed by atoms with E-state index < -0.39 is 10.2 Å². The Bertz CT molecular complexity index is 1330. The molecule has 0 aliphatic carbocycles. The second-order valence-corrected chi connectivity index (χ2v) is 9.17. The number of para-hydroxylation sites is 2. The summed E-state index contributed by atoms with van der Waals surface area (Å²) >= 11 is 7.52. The third kappa shape index (κ3) is 5.97. The number of hydrogen-bond acceptors (Lipinski definition) is 7. The van der Waals surface area contributed by atoms with E-state index in [1.165, 1.54) is 36.0 Å². The summed E-state index contributed by atoms with van der Waals surface area (Å²) in [5, 5.41) is 26.2. The fraction of sp³-hybridized carbons (Fsp3) is 0.125. The van der Waals surface area contributed by atoms with Gasteiger partial charge in [0.2, 0.25) is 5.91 Å². The van der Waals surface area contributed by atoms with Crippen LogP contribution in [0.25, 0.3) is 5.69 Å². The maximum atomic E-state index is 12.8. The van der Waals surface area contributed by atoms with Crippen LogP contribution in [0.1, 0.15) is 12.7 Å². The van der Waals surface area contributed by atoms with Crippen molar-refractivity contribution in [1.82, 2.24) is 14.8 Å². The average molecular weight is 509 g/mol. The Balaban J connectivity index is 1.51. The molecule has 1 aromatic heterocycles. The molecule has 0 saturated carbocycles. The van der Waals surface area contributed by atoms with Crippen molar-refractivity contribution in [3.05, 3.63) is 99.8 Å². The smallest absolute Gasteiger partial charge is 0.269 e. The molecule has 11 heteroatoms. The summed E-state index contributed by atoms with van der Waals surface area (Å²) in [6, 6.07) is 22.8. The molecule has 3 aromatic carbocycles. The highest BCUT2D eigenvalue weighted by molar-refractivity contribution is 8.00. The van der Waals surface area contributed by atoms with Gasteiger partial charge >= 0.3 is 0 Å². The standard InChI is InChI=1S/C24H21ClN6O3S/c1-16(23(32)27-17-11-13-19(14-12-17)31(33)34)35-24-29-28-22(30(24)18-7-3-2-4-8-18)15-26-21-10-6-5-9-20(21)25/h2-14,16,26H,15H2,1H3,(H,27,32)/t16-/m1/s1. The number of nitro groups is 1. The molecule has 0 bridgehead atoms. The van der Waals surface area contributed by atoms with Gasteiger partial charge in [0.1, 0.15) is 0 Å². The molecule has 0 radical (unpaired) electrons. The Kier molecular flexibility index (Phi) is 7.64. The molecule has 4 rings (SSSR count). The quantitative estimate of drug-likeness (QED) is 0.173. The number of benzene rings is 3. The van der Waals surface area contributed by atoms with Crippen LogP contribution in [0, 0.1) is 10.1 Å². The van der Waals surface area contributed by atoms with Gasteiger partial charge in [-0.1, -0.05) is 53.7 Å². The third-order valence-corrected chi connectivity index (χ3v) is 6.39. The van der Waals surface area contributed by atoms with Gasteiger partial charge in [0.25, 0.3) is 5.69 Å². The predicted octanol–water partition coefficient (Wildman–Crippen LogP) is 5.56. The van der Waals surface area contributed by atoms with Crippen molar-refractivity contribution in [1.29, 1.82) is 0 Å². The summed E-state index contributed by atoms with van der Waals surface area (Å²) in [4.78, 5) is 23.1. The van der Waals surface area contributed by atoms with E-state index in [9.17, 15) is 14.9 Å². The summed E-state index contributed by atoms with van der Waals surface area (Å²) in [5.41, 5.74) is 2.07. The molecule has 0 unspecified atom stereocenters. The van der Waals surface area contributed by atoms with Gasteiger partial charge in [0.15, 0.2) is 11.0 Å². The van der Waals surface area contributed by atoms with Crippen molar-refractivity contribution in [3.8, 4) is 5.69 Å². The molecule has 1 amide bonds. The number of amides is 1. The van der Waals surface area contributed by atoms with Crippen LogP contribution in [-0.2, 0) is 11.3 Å². The van der Waals surface area contributed by atoms with Gasteiger partial charge in [0.05, 0.1) is 27.4 Å². The second-order valence-electron chi connectivity index (χ2n) is 7.46. The monoisotopic (exact) mass is 508 g/mol. The number of anilines is 2. The van der Waals surface area contributed by atoms with Crippen molar-refractivity contribution in [3.63, 3.8) is 0 Å². The lowest BCUT2D eigenvalue weighted by atomic mass is 10.3. The number of nitro benzene ring substituents is 1. The third-order valence-electron chi connectivity index (χ3n) is 5.02. The molecule has 1 atom stereocenters. The van der Waals surface area contributed by atoms with E-state index in [0.29, 0.717) is 28.2 Å². The first-order valence-electron chi connectivity index (χ1n) is 10.6. The van der Waals surface area contributed by atoms with Crippen LogP contribution in [0.2, 0.25) is 5.02 Å². The molecule has 2 N–H and O–H groups in total. The van der Waals surface area contributed by atoms with Crippen LogP contribution in [0.5, 0.6) is 0 Å². The molecule has 0 fully saturated rings. The number of rotatable bonds is 9. The second kappa shape index (κ2) is 11.0. The van der Waals surface area contributed by atoms with Crippen molar-refractivity contribution >= 4 is 46.3 Å². The normalized spacial score (nSPS) is 11.6. The van der Waals surface area contributed by atoms with Crippen molar-refractivity contribution in [2.75, 3.05) is 10.6 Å². The minimum atomic E-state index is -0.513. The Labute approximate surface area is 210 Å². The Morgan fingerprint density at radius 2 is 1.74 bits per heavy atom. The molecule has 0 saturated heterocycles. The van der Waals surface area contributed by atoms with Crippen LogP contribution in [0.3, 0.4) is 0 Å². The summed E-state index contributed by atoms with van der Waals surface area (Å²) in [6.07, 6.45) is 0. The van der Waals surface area contributed by atoms with Crippen LogP contribution in [-0.4, -0.2) is 30.8 Å². The number of carbonyl (C=O) groups excluding carboxylic acids is 1. The number of nitrogens with zero attached hydrogens (tertiary/aromatic N) is 4. The van der Waals surface area contributed by atoms with Crippen LogP contribution < -0.4 is 10.6 Å². The van der Waals surface area contributed by atoms with E-state index in [2.05, 4.69) is 20.8 Å². The highest BCUT2D eigenvalue weighted by Gasteiger charge is 2.21. The van der Waals surface area contributed by atoms with E-state index in [1.807, 2.05) is 53.1 Å². The van der Waals surface area contributed by atoms with E-state index in [4.69, 9.17) is 11.6 Å². The topological polar surface area (TPSA) is 115 Å². The van der Waals surface area contributed by atoms with Gasteiger partial charge in [-0.25, -0.2) is 0 Å². The van der Waals surface area contributed by atoms with E-state index in [0.717, 1.165) is 11.4 Å². The molecular weight excluding hydrogens is 488 g/mol. The Morgan fingerprint density at radius 3 is 2.43 bits per heavy atom. The van der Waals surface area contributed by atoms with Gasteiger partial charge < -0.3 is 10.6 Å². The number of aromatic nitrogens is 3. The molecule has 9 nitrogen and oxygen atoms in total. The van der Waals surface area contributed by atoms with Gasteiger partial charge in [-0.05, 0) is 43.3 Å². The van der Waals surface area contributed by atoms with Crippen molar-refractivity contribution < 1.29 is 9.72 Å². The fourth-order valence-corrected chi connectivity index (χ4v) is 4.32. The average Bonchev–Trinajstić information content (AvgIpc) is 3.26. The molecule has 0 aliphatic rings. The van der Waals surface area contributed by atoms with Crippen LogP contribution in [0.4, 0.5) is 17.1 Å². The van der Waals surface area contributed by atoms with Crippen LogP contribution in [0.15, 0.2) is 84.0 Å². The van der Waals surface area contributed by atoms with Crippen molar-refractivity contribution in [2.24, 2.45) is 0 Å². The van der Waals surface area contributed by atoms with Gasteiger partial charge in [-0.2, -0.15) is 0 Å². The summed E-state index contributed by atoms with van der Waals surface area (Å²) in [5.74, 6) is 0.392. The number of carbonyl (C=O) groups is 1. The molecule has 35 heavy (non-hydrogen) atoms. The molecule has 178 valence electrons. The van der Waals surface area contributed by atoms with Gasteiger partial charge in [-0.3, -0.25) is 19.5 Å². The van der Waals surface area contributed by atoms with E-state index in [-0.39, 0.29) is 11.6 Å². The van der Waals surface area contributed by atoms with E-state index in [1.54, 1.807) is 13.0 Å². The number of hydrogen-bond donors (Lipinski definition) is 2. The zero-order valence-electron chi connectivity index (χ0n) is 18.6. The molecule has 4 aromatic rings.